The summed E-state index contributed by atoms with van der Waals surface area (Å²) in [5, 5.41) is 51.1. The molecule has 0 aromatic heterocycles. The summed E-state index contributed by atoms with van der Waals surface area (Å²) in [6, 6.07) is 29.5. The maximum Gasteiger partial charge on any atom is 0.115 e. The van der Waals surface area contributed by atoms with Crippen molar-refractivity contribution in [3.63, 3.8) is 0 Å². The van der Waals surface area contributed by atoms with Crippen molar-refractivity contribution < 1.29 is 25.5 Å². The molecule has 5 nitrogen and oxygen atoms in total. The third-order valence-electron chi connectivity index (χ3n) is 7.33. The van der Waals surface area contributed by atoms with Gasteiger partial charge in [0.2, 0.25) is 0 Å². The summed E-state index contributed by atoms with van der Waals surface area (Å²) in [6.45, 7) is -0.240. The van der Waals surface area contributed by atoms with E-state index in [1.165, 1.54) is 0 Å². The Kier molecular flexibility index (Phi) is 5.76. The van der Waals surface area contributed by atoms with Gasteiger partial charge in [-0.1, -0.05) is 54.3 Å². The van der Waals surface area contributed by atoms with Crippen LogP contribution in [0.3, 0.4) is 0 Å². The van der Waals surface area contributed by atoms with Gasteiger partial charge in [-0.25, -0.2) is 0 Å². The number of aliphatic hydroxyl groups is 1. The van der Waals surface area contributed by atoms with Crippen LogP contribution in [0.15, 0.2) is 103 Å². The normalized spacial score (nSPS) is 12.7. The molecule has 5 aromatic rings. The van der Waals surface area contributed by atoms with Crippen LogP contribution in [-0.2, 0) is 12.0 Å². The Balaban J connectivity index is 1.77. The van der Waals surface area contributed by atoms with Gasteiger partial charge < -0.3 is 25.5 Å². The first-order valence-electron chi connectivity index (χ1n) is 12.4. The Labute approximate surface area is 225 Å². The first kappa shape index (κ1) is 24.2. The molecule has 0 spiro atoms. The minimum Gasteiger partial charge on any atom is -0.508 e. The number of aliphatic hydroxyl groups excluding tert-OH is 1. The molecule has 0 amide bonds. The van der Waals surface area contributed by atoms with Crippen molar-refractivity contribution >= 4 is 0 Å². The number of phenols is 4. The highest BCUT2D eigenvalue weighted by Gasteiger charge is 2.48. The number of aromatic hydroxyl groups is 4. The number of hydrogen-bond donors (Lipinski definition) is 5. The molecule has 190 valence electrons. The molecule has 5 heteroatoms. The fraction of sp³-hybridized carbons (Fsp3) is 0.0588. The second-order valence-electron chi connectivity index (χ2n) is 9.55. The summed E-state index contributed by atoms with van der Waals surface area (Å²) < 4.78 is 0. The highest BCUT2D eigenvalue weighted by Crippen LogP contribution is 2.58. The summed E-state index contributed by atoms with van der Waals surface area (Å²) in [4.78, 5) is 0. The van der Waals surface area contributed by atoms with E-state index in [1.54, 1.807) is 60.7 Å². The summed E-state index contributed by atoms with van der Waals surface area (Å²) in [5.74, 6) is 6.98. The molecule has 0 saturated heterocycles. The second-order valence-corrected chi connectivity index (χ2v) is 9.55. The van der Waals surface area contributed by atoms with Gasteiger partial charge in [0.15, 0.2) is 0 Å². The lowest BCUT2D eigenvalue weighted by Gasteiger charge is -2.35. The molecule has 39 heavy (non-hydrogen) atoms. The maximum atomic E-state index is 10.7. The van der Waals surface area contributed by atoms with E-state index in [0.717, 1.165) is 33.4 Å². The Hall–Kier alpha value is -5.18. The van der Waals surface area contributed by atoms with E-state index in [4.69, 9.17) is 0 Å². The van der Waals surface area contributed by atoms with E-state index in [9.17, 15) is 25.5 Å². The maximum absolute atomic E-state index is 10.7. The zero-order valence-corrected chi connectivity index (χ0v) is 20.8. The van der Waals surface area contributed by atoms with Gasteiger partial charge >= 0.3 is 0 Å². The van der Waals surface area contributed by atoms with Crippen LogP contribution in [0.25, 0.3) is 11.1 Å². The van der Waals surface area contributed by atoms with Crippen molar-refractivity contribution in [1.82, 2.24) is 0 Å². The molecular formula is C34H24O5. The molecule has 0 heterocycles. The average molecular weight is 513 g/mol. The highest BCUT2D eigenvalue weighted by molar-refractivity contribution is 5.89. The molecule has 1 aliphatic carbocycles. The zero-order valence-electron chi connectivity index (χ0n) is 20.8. The summed E-state index contributed by atoms with van der Waals surface area (Å²) in [7, 11) is 0. The molecule has 0 fully saturated rings. The minimum absolute atomic E-state index is 0.0996. The molecule has 0 bridgehead atoms. The van der Waals surface area contributed by atoms with E-state index < -0.39 is 5.41 Å². The van der Waals surface area contributed by atoms with Crippen molar-refractivity contribution in [3.05, 3.63) is 142 Å². The fourth-order valence-corrected chi connectivity index (χ4v) is 5.61. The molecule has 5 N–H and O–H groups in total. The van der Waals surface area contributed by atoms with Gasteiger partial charge in [-0.3, -0.25) is 0 Å². The minimum atomic E-state index is -0.991. The number of benzene rings is 5. The lowest BCUT2D eigenvalue weighted by molar-refractivity contribution is 0.281. The van der Waals surface area contributed by atoms with Crippen LogP contribution in [0.5, 0.6) is 23.0 Å². The van der Waals surface area contributed by atoms with Crippen LogP contribution in [0, 0.1) is 11.8 Å². The van der Waals surface area contributed by atoms with Crippen LogP contribution in [0.1, 0.15) is 38.9 Å². The van der Waals surface area contributed by atoms with Gasteiger partial charge in [-0.15, -0.1) is 0 Å². The molecule has 0 unspecified atom stereocenters. The van der Waals surface area contributed by atoms with Gasteiger partial charge in [-0.05, 0) is 99.6 Å². The van der Waals surface area contributed by atoms with Crippen molar-refractivity contribution in [2.24, 2.45) is 0 Å². The quantitative estimate of drug-likeness (QED) is 0.194. The monoisotopic (exact) mass is 512 g/mol. The lowest BCUT2D eigenvalue weighted by Crippen LogP contribution is -2.30. The molecule has 0 radical (unpaired) electrons. The SMILES string of the molecule is OCc1ccc2c(c1C#Cc1ccc(O)cc1)C(c1ccc(O)cc1)(c1ccc(O)cc1)c1cc(O)ccc1-2. The van der Waals surface area contributed by atoms with E-state index >= 15 is 0 Å². The Morgan fingerprint density at radius 3 is 1.62 bits per heavy atom. The van der Waals surface area contributed by atoms with Crippen molar-refractivity contribution in [3.8, 4) is 46.0 Å². The van der Waals surface area contributed by atoms with E-state index in [2.05, 4.69) is 11.8 Å². The van der Waals surface area contributed by atoms with Crippen LogP contribution < -0.4 is 0 Å². The molecule has 1 aliphatic rings. The van der Waals surface area contributed by atoms with Gasteiger partial charge in [-0.2, -0.15) is 0 Å². The molecule has 0 aliphatic heterocycles. The lowest BCUT2D eigenvalue weighted by atomic mass is 9.66. The number of rotatable bonds is 3. The van der Waals surface area contributed by atoms with Crippen LogP contribution in [0.4, 0.5) is 0 Å². The van der Waals surface area contributed by atoms with E-state index in [1.807, 2.05) is 42.5 Å². The molecule has 6 rings (SSSR count). The Morgan fingerprint density at radius 1 is 0.538 bits per heavy atom. The van der Waals surface area contributed by atoms with E-state index in [-0.39, 0.29) is 29.6 Å². The molecule has 0 saturated carbocycles. The summed E-state index contributed by atoms with van der Waals surface area (Å²) in [5.41, 5.74) is 6.07. The predicted octanol–water partition coefficient (Wildman–Crippen LogP) is 5.76. The van der Waals surface area contributed by atoms with Gasteiger partial charge in [0.25, 0.3) is 0 Å². The standard InChI is InChI=1S/C34H24O5/c35-20-22-4-17-31-30-18-15-28(39)19-32(30)34(23-5-11-26(37)12-6-23,24-7-13-27(38)14-8-24)33(31)29(22)16-3-21-1-9-25(36)10-2-21/h1-2,4-15,17-19,35-39H,20H2. The van der Waals surface area contributed by atoms with Gasteiger partial charge in [0, 0.05) is 11.1 Å². The molecule has 5 aromatic carbocycles. The Morgan fingerprint density at radius 2 is 1.05 bits per heavy atom. The summed E-state index contributed by atoms with van der Waals surface area (Å²) >= 11 is 0. The topological polar surface area (TPSA) is 101 Å². The molecular weight excluding hydrogens is 488 g/mol. The third kappa shape index (κ3) is 3.86. The Bertz CT molecular complexity index is 1710. The van der Waals surface area contributed by atoms with Gasteiger partial charge in [0.1, 0.15) is 23.0 Å². The predicted molar refractivity (Wildman–Crippen MR) is 149 cm³/mol. The second kappa shape index (κ2) is 9.29. The van der Waals surface area contributed by atoms with Crippen molar-refractivity contribution in [2.45, 2.75) is 12.0 Å². The summed E-state index contributed by atoms with van der Waals surface area (Å²) in [6.07, 6.45) is 0. The van der Waals surface area contributed by atoms with E-state index in [0.29, 0.717) is 16.7 Å². The number of fused-ring (bicyclic) bond motifs is 3. The zero-order chi connectivity index (χ0) is 27.1. The molecule has 0 atom stereocenters. The van der Waals surface area contributed by atoms with Crippen molar-refractivity contribution in [2.75, 3.05) is 0 Å². The highest BCUT2D eigenvalue weighted by atomic mass is 16.3. The average Bonchev–Trinajstić information content (AvgIpc) is 3.23. The number of phenolic OH excluding ortho intramolecular Hbond substituents is 4. The third-order valence-corrected chi connectivity index (χ3v) is 7.33. The van der Waals surface area contributed by atoms with Crippen LogP contribution in [0.2, 0.25) is 0 Å². The largest absolute Gasteiger partial charge is 0.508 e. The van der Waals surface area contributed by atoms with Crippen LogP contribution >= 0.6 is 0 Å². The first-order valence-corrected chi connectivity index (χ1v) is 12.4. The fourth-order valence-electron chi connectivity index (χ4n) is 5.61. The first-order chi connectivity index (χ1) is 18.9. The van der Waals surface area contributed by atoms with Gasteiger partial charge in [0.05, 0.1) is 12.0 Å². The smallest absolute Gasteiger partial charge is 0.115 e. The number of hydrogen-bond acceptors (Lipinski definition) is 5. The van der Waals surface area contributed by atoms with Crippen molar-refractivity contribution in [1.29, 1.82) is 0 Å². The van der Waals surface area contributed by atoms with Crippen LogP contribution in [-0.4, -0.2) is 25.5 Å².